The Morgan fingerprint density at radius 2 is 1.84 bits per heavy atom. The van der Waals surface area contributed by atoms with Gasteiger partial charge in [-0.05, 0) is 61.9 Å². The van der Waals surface area contributed by atoms with E-state index in [4.69, 9.17) is 4.74 Å². The van der Waals surface area contributed by atoms with E-state index in [2.05, 4.69) is 11.8 Å². The number of hydrogen-bond acceptors (Lipinski definition) is 4. The molecule has 2 aliphatic heterocycles. The quantitative estimate of drug-likeness (QED) is 0.802. The lowest BCUT2D eigenvalue weighted by Crippen LogP contribution is -2.63. The lowest BCUT2D eigenvalue weighted by Gasteiger charge is -2.48. The van der Waals surface area contributed by atoms with Crippen molar-refractivity contribution in [2.24, 2.45) is 0 Å². The van der Waals surface area contributed by atoms with Crippen molar-refractivity contribution in [3.8, 4) is 0 Å². The topological polar surface area (TPSA) is 49.9 Å². The molecule has 2 heterocycles. The van der Waals surface area contributed by atoms with Crippen molar-refractivity contribution in [2.75, 3.05) is 32.8 Å². The zero-order chi connectivity index (χ0) is 17.4. The van der Waals surface area contributed by atoms with Crippen molar-refractivity contribution in [1.82, 2.24) is 9.21 Å². The van der Waals surface area contributed by atoms with E-state index in [0.29, 0.717) is 30.1 Å². The summed E-state index contributed by atoms with van der Waals surface area (Å²) in [4.78, 5) is 2.96. The lowest BCUT2D eigenvalue weighted by atomic mass is 10.0. The van der Waals surface area contributed by atoms with Gasteiger partial charge in [-0.25, -0.2) is 8.42 Å². The molecule has 2 saturated heterocycles. The molecule has 1 aliphatic carbocycles. The largest absolute Gasteiger partial charge is 0.381 e. The van der Waals surface area contributed by atoms with Crippen LogP contribution < -0.4 is 0 Å². The minimum Gasteiger partial charge on any atom is -0.381 e. The molecule has 0 atom stereocenters. The SMILES string of the molecule is CCN(C1CCOCC1)C1CN(S(=O)(=O)c2ccc3c(c2)CCC3)C1. The molecule has 138 valence electrons. The summed E-state index contributed by atoms with van der Waals surface area (Å²) in [5.41, 5.74) is 2.53. The molecular formula is C19H28N2O3S. The number of sulfonamides is 1. The number of rotatable bonds is 5. The Balaban J connectivity index is 1.43. The van der Waals surface area contributed by atoms with Gasteiger partial charge in [0.2, 0.25) is 10.0 Å². The van der Waals surface area contributed by atoms with E-state index in [1.807, 2.05) is 12.1 Å². The van der Waals surface area contributed by atoms with Crippen LogP contribution in [0.25, 0.3) is 0 Å². The van der Waals surface area contributed by atoms with E-state index in [1.54, 1.807) is 10.4 Å². The van der Waals surface area contributed by atoms with Crippen LogP contribution in [0.1, 0.15) is 37.3 Å². The molecule has 6 heteroatoms. The summed E-state index contributed by atoms with van der Waals surface area (Å²) in [5.74, 6) is 0. The minimum atomic E-state index is -3.35. The Morgan fingerprint density at radius 1 is 1.12 bits per heavy atom. The van der Waals surface area contributed by atoms with Gasteiger partial charge in [0.25, 0.3) is 0 Å². The fourth-order valence-electron chi connectivity index (χ4n) is 4.51. The molecule has 2 fully saturated rings. The minimum absolute atomic E-state index is 0.345. The van der Waals surface area contributed by atoms with Crippen LogP contribution in [-0.2, 0) is 27.6 Å². The van der Waals surface area contributed by atoms with E-state index in [1.165, 1.54) is 11.1 Å². The summed E-state index contributed by atoms with van der Waals surface area (Å²) in [6, 6.07) is 6.59. The molecule has 3 aliphatic rings. The number of ether oxygens (including phenoxy) is 1. The van der Waals surface area contributed by atoms with Crippen LogP contribution in [-0.4, -0.2) is 62.6 Å². The van der Waals surface area contributed by atoms with Crippen LogP contribution in [0.2, 0.25) is 0 Å². The van der Waals surface area contributed by atoms with E-state index < -0.39 is 10.0 Å². The summed E-state index contributed by atoms with van der Waals surface area (Å²) < 4.78 is 33.0. The van der Waals surface area contributed by atoms with Gasteiger partial charge in [-0.2, -0.15) is 4.31 Å². The van der Waals surface area contributed by atoms with Crippen LogP contribution in [0.5, 0.6) is 0 Å². The molecule has 0 saturated carbocycles. The normalized spacial score (nSPS) is 23.0. The third-order valence-corrected chi connectivity index (χ3v) is 7.86. The maximum absolute atomic E-state index is 12.9. The Morgan fingerprint density at radius 3 is 2.56 bits per heavy atom. The van der Waals surface area contributed by atoms with Gasteiger partial charge in [0.05, 0.1) is 4.90 Å². The summed E-state index contributed by atoms with van der Waals surface area (Å²) in [7, 11) is -3.35. The smallest absolute Gasteiger partial charge is 0.243 e. The zero-order valence-electron chi connectivity index (χ0n) is 15.0. The van der Waals surface area contributed by atoms with Gasteiger partial charge in [-0.15, -0.1) is 0 Å². The van der Waals surface area contributed by atoms with Crippen molar-refractivity contribution in [1.29, 1.82) is 0 Å². The van der Waals surface area contributed by atoms with Gasteiger partial charge >= 0.3 is 0 Å². The summed E-state index contributed by atoms with van der Waals surface area (Å²) in [5, 5.41) is 0. The fourth-order valence-corrected chi connectivity index (χ4v) is 6.08. The first-order valence-corrected chi connectivity index (χ1v) is 11.0. The molecule has 0 bridgehead atoms. The van der Waals surface area contributed by atoms with Crippen molar-refractivity contribution in [3.05, 3.63) is 29.3 Å². The van der Waals surface area contributed by atoms with E-state index >= 15 is 0 Å². The Bertz CT molecular complexity index is 722. The van der Waals surface area contributed by atoms with Gasteiger partial charge in [0, 0.05) is 38.4 Å². The van der Waals surface area contributed by atoms with Crippen LogP contribution in [0.3, 0.4) is 0 Å². The highest BCUT2D eigenvalue weighted by atomic mass is 32.2. The molecular weight excluding hydrogens is 336 g/mol. The van der Waals surface area contributed by atoms with Crippen molar-refractivity contribution < 1.29 is 13.2 Å². The summed E-state index contributed by atoms with van der Waals surface area (Å²) in [6.45, 7) is 6.03. The first-order chi connectivity index (χ1) is 12.1. The van der Waals surface area contributed by atoms with Gasteiger partial charge in [0.15, 0.2) is 0 Å². The lowest BCUT2D eigenvalue weighted by molar-refractivity contribution is -0.00746. The number of aryl methyl sites for hydroxylation is 2. The summed E-state index contributed by atoms with van der Waals surface area (Å²) >= 11 is 0. The fraction of sp³-hybridized carbons (Fsp3) is 0.684. The Kier molecular flexibility index (Phi) is 4.88. The predicted molar refractivity (Wildman–Crippen MR) is 97.2 cm³/mol. The third-order valence-electron chi connectivity index (χ3n) is 6.03. The Hall–Kier alpha value is -0.950. The number of benzene rings is 1. The van der Waals surface area contributed by atoms with Crippen LogP contribution in [0.15, 0.2) is 23.1 Å². The van der Waals surface area contributed by atoms with Gasteiger partial charge in [-0.3, -0.25) is 4.90 Å². The van der Waals surface area contributed by atoms with Gasteiger partial charge in [0.1, 0.15) is 0 Å². The molecule has 0 unspecified atom stereocenters. The van der Waals surface area contributed by atoms with E-state index in [0.717, 1.165) is 51.9 Å². The number of nitrogens with zero attached hydrogens (tertiary/aromatic N) is 2. The van der Waals surface area contributed by atoms with Crippen molar-refractivity contribution in [2.45, 2.75) is 56.0 Å². The molecule has 0 spiro atoms. The van der Waals surface area contributed by atoms with Gasteiger partial charge in [-0.1, -0.05) is 13.0 Å². The highest BCUT2D eigenvalue weighted by Gasteiger charge is 2.41. The molecule has 0 amide bonds. The highest BCUT2D eigenvalue weighted by Crippen LogP contribution is 2.30. The van der Waals surface area contributed by atoms with Gasteiger partial charge < -0.3 is 4.74 Å². The Labute approximate surface area is 151 Å². The molecule has 0 aromatic heterocycles. The first kappa shape index (κ1) is 17.5. The standard InChI is InChI=1S/C19H28N2O3S/c1-2-21(17-8-10-24-11-9-17)18-13-20(14-18)25(22,23)19-7-6-15-4-3-5-16(15)12-19/h6-7,12,17-18H,2-5,8-11,13-14H2,1H3. The molecule has 0 N–H and O–H groups in total. The van der Waals surface area contributed by atoms with Crippen LogP contribution in [0.4, 0.5) is 0 Å². The molecule has 5 nitrogen and oxygen atoms in total. The highest BCUT2D eigenvalue weighted by molar-refractivity contribution is 7.89. The van der Waals surface area contributed by atoms with Crippen LogP contribution >= 0.6 is 0 Å². The van der Waals surface area contributed by atoms with Crippen LogP contribution in [0, 0.1) is 0 Å². The summed E-state index contributed by atoms with van der Waals surface area (Å²) in [6.07, 6.45) is 5.34. The predicted octanol–water partition coefficient (Wildman–Crippen LogP) is 2.05. The average molecular weight is 365 g/mol. The third kappa shape index (κ3) is 3.25. The monoisotopic (exact) mass is 364 g/mol. The maximum Gasteiger partial charge on any atom is 0.243 e. The van der Waals surface area contributed by atoms with Crippen molar-refractivity contribution in [3.63, 3.8) is 0 Å². The van der Waals surface area contributed by atoms with E-state index in [-0.39, 0.29) is 0 Å². The average Bonchev–Trinajstić information content (AvgIpc) is 3.05. The zero-order valence-corrected chi connectivity index (χ0v) is 15.8. The first-order valence-electron chi connectivity index (χ1n) is 9.55. The second-order valence-electron chi connectivity index (χ2n) is 7.43. The van der Waals surface area contributed by atoms with E-state index in [9.17, 15) is 8.42 Å². The number of hydrogen-bond donors (Lipinski definition) is 0. The number of likely N-dealkylation sites (N-methyl/N-ethyl adjacent to an activating group) is 1. The van der Waals surface area contributed by atoms with Crippen molar-refractivity contribution >= 4 is 10.0 Å². The molecule has 1 aromatic carbocycles. The molecule has 25 heavy (non-hydrogen) atoms. The second kappa shape index (κ2) is 6.99. The molecule has 0 radical (unpaired) electrons. The second-order valence-corrected chi connectivity index (χ2v) is 9.37. The maximum atomic E-state index is 12.9. The molecule has 4 rings (SSSR count). The number of fused-ring (bicyclic) bond motifs is 1. The molecule has 1 aromatic rings.